The van der Waals surface area contributed by atoms with Crippen molar-refractivity contribution < 1.29 is 19.5 Å². The highest BCUT2D eigenvalue weighted by Gasteiger charge is 2.62. The summed E-state index contributed by atoms with van der Waals surface area (Å²) in [6, 6.07) is 0. The molecule has 4 fully saturated rings. The lowest BCUT2D eigenvalue weighted by Crippen LogP contribution is -2.57. The molecular weight excluding hydrogens is 406 g/mol. The molecule has 0 bridgehead atoms. The Labute approximate surface area is 185 Å². The SMILES string of the molecule is C[C@]12CCC(OC(=O)NCCN)CC1/C(=N\O)C[C@@H]1[C@H]2CC[C@]2(C)C(=O)CC[C@@H]12.Cl. The number of ether oxygens (including phenoxy) is 1. The minimum atomic E-state index is -0.418. The molecule has 0 aromatic carbocycles. The predicted molar refractivity (Wildman–Crippen MR) is 116 cm³/mol. The van der Waals surface area contributed by atoms with Crippen LogP contribution in [-0.4, -0.2) is 42.0 Å². The van der Waals surface area contributed by atoms with E-state index >= 15 is 0 Å². The summed E-state index contributed by atoms with van der Waals surface area (Å²) < 4.78 is 5.63. The number of Topliss-reactive ketones (excluding diaryl/α,β-unsaturated/α-hetero) is 1. The Morgan fingerprint density at radius 3 is 2.73 bits per heavy atom. The number of ketones is 1. The van der Waals surface area contributed by atoms with E-state index in [0.717, 1.165) is 44.2 Å². The topological polar surface area (TPSA) is 114 Å². The van der Waals surface area contributed by atoms with Gasteiger partial charge < -0.3 is 21.0 Å². The summed E-state index contributed by atoms with van der Waals surface area (Å²) >= 11 is 0. The lowest BCUT2D eigenvalue weighted by molar-refractivity contribution is -0.134. The van der Waals surface area contributed by atoms with Crippen LogP contribution in [0.25, 0.3) is 0 Å². The first-order chi connectivity index (χ1) is 13.8. The second-order valence-corrected chi connectivity index (χ2v) is 10.2. The van der Waals surface area contributed by atoms with Gasteiger partial charge in [-0.1, -0.05) is 19.0 Å². The standard InChI is InChI=1S/C22H35N3O4.ClH/c1-21-7-5-13(29-20(27)24-10-9-23)11-17(21)18(25-28)12-14-15-3-4-19(26)22(15,2)8-6-16(14)21;/h13-17,28H,3-12,23H2,1-2H3,(H,24,27);1H/b25-18-;/t13?,14-,15-,16+,17?,21+,22-;/m0./s1. The smallest absolute Gasteiger partial charge is 0.407 e. The Hall–Kier alpha value is -1.34. The number of alkyl carbamates (subject to hydrolysis) is 1. The van der Waals surface area contributed by atoms with Gasteiger partial charge in [-0.05, 0) is 68.1 Å². The van der Waals surface area contributed by atoms with Crippen LogP contribution in [0.15, 0.2) is 5.16 Å². The van der Waals surface area contributed by atoms with Gasteiger partial charge in [-0.25, -0.2) is 4.79 Å². The first-order valence-electron chi connectivity index (χ1n) is 11.2. The second-order valence-electron chi connectivity index (χ2n) is 10.2. The highest BCUT2D eigenvalue weighted by atomic mass is 35.5. The Bertz CT molecular complexity index is 716. The number of hydrogen-bond donors (Lipinski definition) is 3. The molecule has 0 radical (unpaired) electrons. The van der Waals surface area contributed by atoms with E-state index in [2.05, 4.69) is 24.3 Å². The lowest BCUT2D eigenvalue weighted by atomic mass is 9.44. The molecule has 4 aliphatic rings. The summed E-state index contributed by atoms with van der Waals surface area (Å²) in [5.41, 5.74) is 6.12. The maximum absolute atomic E-state index is 12.6. The van der Waals surface area contributed by atoms with Crippen molar-refractivity contribution >= 4 is 30.0 Å². The zero-order valence-electron chi connectivity index (χ0n) is 18.1. The summed E-state index contributed by atoms with van der Waals surface area (Å²) in [7, 11) is 0. The third kappa shape index (κ3) is 3.62. The molecule has 0 aromatic rings. The average molecular weight is 442 g/mol. The van der Waals surface area contributed by atoms with Gasteiger partial charge in [-0.3, -0.25) is 4.79 Å². The van der Waals surface area contributed by atoms with E-state index in [1.807, 2.05) is 0 Å². The Morgan fingerprint density at radius 2 is 2.03 bits per heavy atom. The second kappa shape index (κ2) is 8.65. The van der Waals surface area contributed by atoms with E-state index < -0.39 is 6.09 Å². The van der Waals surface area contributed by atoms with E-state index in [9.17, 15) is 14.8 Å². The first-order valence-corrected chi connectivity index (χ1v) is 11.2. The molecule has 4 N–H and O–H groups in total. The largest absolute Gasteiger partial charge is 0.446 e. The van der Waals surface area contributed by atoms with Gasteiger partial charge in [0.15, 0.2) is 0 Å². The van der Waals surface area contributed by atoms with Crippen LogP contribution in [0.4, 0.5) is 4.79 Å². The molecule has 7 nitrogen and oxygen atoms in total. The molecule has 4 rings (SSSR count). The van der Waals surface area contributed by atoms with Crippen molar-refractivity contribution in [2.75, 3.05) is 13.1 Å². The molecule has 0 heterocycles. The number of nitrogens with two attached hydrogens (primary N) is 1. The Kier molecular flexibility index (Phi) is 6.73. The summed E-state index contributed by atoms with van der Waals surface area (Å²) in [4.78, 5) is 24.6. The number of carbonyl (C=O) groups excluding carboxylic acids is 2. The van der Waals surface area contributed by atoms with Crippen LogP contribution >= 0.6 is 12.4 Å². The molecule has 2 unspecified atom stereocenters. The summed E-state index contributed by atoms with van der Waals surface area (Å²) in [6.45, 7) is 5.29. The highest BCUT2D eigenvalue weighted by molar-refractivity contribution is 5.90. The van der Waals surface area contributed by atoms with E-state index in [1.54, 1.807) is 0 Å². The monoisotopic (exact) mass is 441 g/mol. The summed E-state index contributed by atoms with van der Waals surface area (Å²) in [5.74, 6) is 1.90. The maximum atomic E-state index is 12.6. The summed E-state index contributed by atoms with van der Waals surface area (Å²) in [5, 5.41) is 16.3. The molecular formula is C22H36ClN3O4. The molecule has 0 spiro atoms. The molecule has 170 valence electrons. The number of fused-ring (bicyclic) bond motifs is 5. The molecule has 1 amide bonds. The first kappa shape index (κ1) is 23.3. The van der Waals surface area contributed by atoms with Gasteiger partial charge in [0.2, 0.25) is 0 Å². The molecule has 4 aliphatic carbocycles. The van der Waals surface area contributed by atoms with Crippen molar-refractivity contribution in [2.45, 2.75) is 71.3 Å². The van der Waals surface area contributed by atoms with Gasteiger partial charge >= 0.3 is 6.09 Å². The van der Waals surface area contributed by atoms with Crippen LogP contribution in [0.2, 0.25) is 0 Å². The molecule has 8 heteroatoms. The molecule has 0 aromatic heterocycles. The minimum Gasteiger partial charge on any atom is -0.446 e. The maximum Gasteiger partial charge on any atom is 0.407 e. The Morgan fingerprint density at radius 1 is 1.27 bits per heavy atom. The van der Waals surface area contributed by atoms with E-state index in [1.165, 1.54) is 0 Å². The van der Waals surface area contributed by atoms with E-state index in [0.29, 0.717) is 49.5 Å². The zero-order valence-corrected chi connectivity index (χ0v) is 18.9. The van der Waals surface area contributed by atoms with Crippen LogP contribution < -0.4 is 11.1 Å². The highest BCUT2D eigenvalue weighted by Crippen LogP contribution is 2.65. The number of rotatable bonds is 3. The molecule has 0 aliphatic heterocycles. The van der Waals surface area contributed by atoms with Crippen LogP contribution in [-0.2, 0) is 9.53 Å². The lowest BCUT2D eigenvalue weighted by Gasteiger charge is -2.60. The average Bonchev–Trinajstić information content (AvgIpc) is 3.01. The quantitative estimate of drug-likeness (QED) is 0.458. The summed E-state index contributed by atoms with van der Waals surface area (Å²) in [6.07, 6.45) is 6.38. The zero-order chi connectivity index (χ0) is 20.8. The number of oxime groups is 1. The van der Waals surface area contributed by atoms with Crippen LogP contribution in [0.1, 0.15) is 65.2 Å². The molecule has 0 saturated heterocycles. The van der Waals surface area contributed by atoms with Gasteiger partial charge in [0.05, 0.1) is 5.71 Å². The molecule has 30 heavy (non-hydrogen) atoms. The van der Waals surface area contributed by atoms with Crippen LogP contribution in [0.5, 0.6) is 0 Å². The fourth-order valence-corrected chi connectivity index (χ4v) is 7.39. The number of halogens is 1. The van der Waals surface area contributed by atoms with Crippen molar-refractivity contribution in [3.63, 3.8) is 0 Å². The van der Waals surface area contributed by atoms with Gasteiger partial charge in [-0.2, -0.15) is 0 Å². The fraction of sp³-hybridized carbons (Fsp3) is 0.864. The third-order valence-electron chi connectivity index (χ3n) is 8.96. The van der Waals surface area contributed by atoms with E-state index in [4.69, 9.17) is 10.5 Å². The number of hydrogen-bond acceptors (Lipinski definition) is 6. The molecule has 7 atom stereocenters. The number of nitrogens with one attached hydrogen (secondary N) is 1. The fourth-order valence-electron chi connectivity index (χ4n) is 7.39. The van der Waals surface area contributed by atoms with Crippen molar-refractivity contribution in [3.05, 3.63) is 0 Å². The number of nitrogens with zero attached hydrogens (tertiary/aromatic N) is 1. The van der Waals surface area contributed by atoms with Crippen LogP contribution in [0.3, 0.4) is 0 Å². The van der Waals surface area contributed by atoms with Crippen LogP contribution in [0, 0.1) is 34.5 Å². The van der Waals surface area contributed by atoms with Crippen molar-refractivity contribution in [2.24, 2.45) is 45.4 Å². The van der Waals surface area contributed by atoms with Gasteiger partial charge in [-0.15, -0.1) is 12.4 Å². The van der Waals surface area contributed by atoms with Gasteiger partial charge in [0.25, 0.3) is 0 Å². The normalized spacial score (nSPS) is 43.8. The van der Waals surface area contributed by atoms with Crippen molar-refractivity contribution in [1.82, 2.24) is 5.32 Å². The van der Waals surface area contributed by atoms with Crippen molar-refractivity contribution in [3.8, 4) is 0 Å². The Balaban J connectivity index is 0.00000256. The van der Waals surface area contributed by atoms with Gasteiger partial charge in [0, 0.05) is 30.8 Å². The van der Waals surface area contributed by atoms with E-state index in [-0.39, 0.29) is 35.3 Å². The number of amides is 1. The minimum absolute atomic E-state index is 0. The number of carbonyl (C=O) groups is 2. The predicted octanol–water partition coefficient (Wildman–Crippen LogP) is 3.51. The molecule has 4 saturated carbocycles. The van der Waals surface area contributed by atoms with Gasteiger partial charge in [0.1, 0.15) is 11.9 Å². The third-order valence-corrected chi connectivity index (χ3v) is 8.96. The van der Waals surface area contributed by atoms with Crippen molar-refractivity contribution in [1.29, 1.82) is 0 Å².